The number of fused-ring (bicyclic) bond motifs is 1. The van der Waals surface area contributed by atoms with Gasteiger partial charge in [-0.15, -0.1) is 0 Å². The van der Waals surface area contributed by atoms with Crippen molar-refractivity contribution < 1.29 is 22.7 Å². The fourth-order valence-electron chi connectivity index (χ4n) is 2.44. The monoisotopic (exact) mass is 343 g/mol. The number of ketones is 1. The van der Waals surface area contributed by atoms with E-state index in [1.807, 2.05) is 0 Å². The first kappa shape index (κ1) is 15.9. The van der Waals surface area contributed by atoms with Crippen molar-refractivity contribution in [3.05, 3.63) is 66.4 Å². The van der Waals surface area contributed by atoms with Crippen LogP contribution in [0.2, 0.25) is 0 Å². The quantitative estimate of drug-likeness (QED) is 0.412. The predicted molar refractivity (Wildman–Crippen MR) is 87.3 cm³/mol. The summed E-state index contributed by atoms with van der Waals surface area (Å²) in [6.45, 7) is 0. The van der Waals surface area contributed by atoms with Crippen molar-refractivity contribution in [3.8, 4) is 0 Å². The standard InChI is InChI=1S/C17H13NO5S/c1-23-17(20)16(19)15-11-12-7-5-6-10-14(12)18(15)24(21,22)13-8-3-2-4-9-13/h2-11H,1H3. The molecule has 0 aliphatic heterocycles. The average molecular weight is 343 g/mol. The van der Waals surface area contributed by atoms with Crippen molar-refractivity contribution in [3.63, 3.8) is 0 Å². The topological polar surface area (TPSA) is 82.4 Å². The third-order valence-corrected chi connectivity index (χ3v) is 5.29. The highest BCUT2D eigenvalue weighted by Gasteiger charge is 2.29. The number of aromatic nitrogens is 1. The Balaban J connectivity index is 2.34. The Bertz CT molecular complexity index is 1040. The molecule has 0 aliphatic rings. The molecule has 0 spiro atoms. The highest BCUT2D eigenvalue weighted by atomic mass is 32.2. The molecular formula is C17H13NO5S. The number of nitrogens with zero attached hydrogens (tertiary/aromatic N) is 1. The third-order valence-electron chi connectivity index (χ3n) is 3.55. The van der Waals surface area contributed by atoms with Gasteiger partial charge < -0.3 is 4.74 Å². The number of carbonyl (C=O) groups excluding carboxylic acids is 2. The van der Waals surface area contributed by atoms with Gasteiger partial charge in [-0.1, -0.05) is 36.4 Å². The van der Waals surface area contributed by atoms with Crippen LogP contribution in [0, 0.1) is 0 Å². The number of ether oxygens (including phenoxy) is 1. The van der Waals surface area contributed by atoms with Crippen molar-refractivity contribution in [2.75, 3.05) is 7.11 Å². The molecule has 0 bridgehead atoms. The Morgan fingerprint density at radius 2 is 1.58 bits per heavy atom. The lowest BCUT2D eigenvalue weighted by molar-refractivity contribution is -0.135. The zero-order chi connectivity index (χ0) is 17.3. The Hall–Kier alpha value is -2.93. The van der Waals surface area contributed by atoms with Gasteiger partial charge >= 0.3 is 5.97 Å². The van der Waals surface area contributed by atoms with Gasteiger partial charge in [0.05, 0.1) is 17.5 Å². The van der Waals surface area contributed by atoms with E-state index < -0.39 is 21.8 Å². The molecule has 6 nitrogen and oxygen atoms in total. The maximum Gasteiger partial charge on any atom is 0.381 e. The summed E-state index contributed by atoms with van der Waals surface area (Å²) in [5.74, 6) is -2.14. The van der Waals surface area contributed by atoms with Gasteiger partial charge in [0.1, 0.15) is 5.69 Å². The van der Waals surface area contributed by atoms with E-state index in [9.17, 15) is 18.0 Å². The number of hydrogen-bond acceptors (Lipinski definition) is 5. The smallest absolute Gasteiger partial charge is 0.381 e. The SMILES string of the molecule is COC(=O)C(=O)c1cc2ccccc2n1S(=O)(=O)c1ccccc1. The van der Waals surface area contributed by atoms with Gasteiger partial charge in [-0.25, -0.2) is 17.2 Å². The molecule has 7 heteroatoms. The second-order valence-electron chi connectivity index (χ2n) is 4.99. The van der Waals surface area contributed by atoms with Gasteiger partial charge in [0, 0.05) is 5.39 Å². The number of carbonyl (C=O) groups is 2. The molecule has 122 valence electrons. The average Bonchev–Trinajstić information content (AvgIpc) is 3.01. The maximum absolute atomic E-state index is 13.0. The summed E-state index contributed by atoms with van der Waals surface area (Å²) in [7, 11) is -2.98. The van der Waals surface area contributed by atoms with E-state index >= 15 is 0 Å². The molecule has 0 unspecified atom stereocenters. The van der Waals surface area contributed by atoms with Gasteiger partial charge in [-0.2, -0.15) is 0 Å². The molecule has 0 atom stereocenters. The molecule has 1 aromatic heterocycles. The van der Waals surface area contributed by atoms with Gasteiger partial charge in [0.15, 0.2) is 0 Å². The highest BCUT2D eigenvalue weighted by Crippen LogP contribution is 2.26. The molecule has 24 heavy (non-hydrogen) atoms. The van der Waals surface area contributed by atoms with Crippen LogP contribution in [-0.2, 0) is 19.6 Å². The van der Waals surface area contributed by atoms with E-state index in [4.69, 9.17) is 0 Å². The fraction of sp³-hybridized carbons (Fsp3) is 0.0588. The van der Waals surface area contributed by atoms with Gasteiger partial charge in [0.25, 0.3) is 15.8 Å². The Kier molecular flexibility index (Phi) is 3.94. The van der Waals surface area contributed by atoms with Crippen LogP contribution < -0.4 is 0 Å². The first-order valence-corrected chi connectivity index (χ1v) is 8.44. The molecule has 3 rings (SSSR count). The van der Waals surface area contributed by atoms with Crippen molar-refractivity contribution in [2.45, 2.75) is 4.90 Å². The number of methoxy groups -OCH3 is 1. The minimum atomic E-state index is -4.05. The molecule has 0 aliphatic carbocycles. The van der Waals surface area contributed by atoms with Gasteiger partial charge in [-0.3, -0.25) is 4.79 Å². The van der Waals surface area contributed by atoms with Crippen molar-refractivity contribution in [2.24, 2.45) is 0 Å². The Morgan fingerprint density at radius 3 is 2.25 bits per heavy atom. The summed E-state index contributed by atoms with van der Waals surface area (Å²) >= 11 is 0. The molecule has 0 saturated carbocycles. The Morgan fingerprint density at radius 1 is 0.958 bits per heavy atom. The largest absolute Gasteiger partial charge is 0.463 e. The van der Waals surface area contributed by atoms with Crippen LogP contribution in [-0.4, -0.2) is 31.3 Å². The Labute approximate surface area is 138 Å². The molecule has 2 aromatic carbocycles. The predicted octanol–water partition coefficient (Wildman–Crippen LogP) is 2.23. The number of benzene rings is 2. The van der Waals surface area contributed by atoms with Crippen LogP contribution in [0.3, 0.4) is 0 Å². The zero-order valence-electron chi connectivity index (χ0n) is 12.7. The van der Waals surface area contributed by atoms with E-state index in [0.717, 1.165) is 11.1 Å². The number of rotatable bonds is 4. The lowest BCUT2D eigenvalue weighted by atomic mass is 10.2. The fourth-order valence-corrected chi connectivity index (χ4v) is 3.97. The molecule has 3 aromatic rings. The van der Waals surface area contributed by atoms with E-state index in [1.54, 1.807) is 42.5 Å². The van der Waals surface area contributed by atoms with Crippen molar-refractivity contribution in [1.82, 2.24) is 3.97 Å². The molecular weight excluding hydrogens is 330 g/mol. The van der Waals surface area contributed by atoms with Crippen LogP contribution >= 0.6 is 0 Å². The van der Waals surface area contributed by atoms with Crippen molar-refractivity contribution >= 4 is 32.7 Å². The molecule has 1 heterocycles. The molecule has 0 fully saturated rings. The van der Waals surface area contributed by atoms with Gasteiger partial charge in [0.2, 0.25) is 0 Å². The van der Waals surface area contributed by atoms with E-state index in [2.05, 4.69) is 4.74 Å². The minimum absolute atomic E-state index is 0.0188. The second kappa shape index (κ2) is 5.93. The summed E-state index contributed by atoms with van der Waals surface area (Å²) in [5.41, 5.74) is 0.0560. The number of esters is 1. The number of para-hydroxylation sites is 1. The van der Waals surface area contributed by atoms with Crippen molar-refractivity contribution in [1.29, 1.82) is 0 Å². The lowest BCUT2D eigenvalue weighted by Gasteiger charge is -2.10. The normalized spacial score (nSPS) is 11.4. The summed E-state index contributed by atoms with van der Waals surface area (Å²) in [6.07, 6.45) is 0. The van der Waals surface area contributed by atoms with Crippen LogP contribution in [0.5, 0.6) is 0 Å². The maximum atomic E-state index is 13.0. The number of hydrogen-bond donors (Lipinski definition) is 0. The lowest BCUT2D eigenvalue weighted by Crippen LogP contribution is -2.23. The molecule has 0 saturated heterocycles. The number of Topliss-reactive ketones (excluding diaryl/α,β-unsaturated/α-hetero) is 1. The molecule has 0 radical (unpaired) electrons. The summed E-state index contributed by atoms with van der Waals surface area (Å²) in [5, 5.41) is 0.532. The highest BCUT2D eigenvalue weighted by molar-refractivity contribution is 7.90. The van der Waals surface area contributed by atoms with Gasteiger partial charge in [-0.05, 0) is 24.3 Å². The summed E-state index contributed by atoms with van der Waals surface area (Å²) in [4.78, 5) is 23.9. The minimum Gasteiger partial charge on any atom is -0.463 e. The third kappa shape index (κ3) is 2.48. The van der Waals surface area contributed by atoms with Crippen LogP contribution in [0.25, 0.3) is 10.9 Å². The first-order chi connectivity index (χ1) is 11.5. The van der Waals surface area contributed by atoms with E-state index in [0.29, 0.717) is 10.9 Å². The van der Waals surface area contributed by atoms with Crippen LogP contribution in [0.4, 0.5) is 0 Å². The summed E-state index contributed by atoms with van der Waals surface area (Å²) < 4.78 is 31.3. The second-order valence-corrected chi connectivity index (χ2v) is 6.78. The van der Waals surface area contributed by atoms with E-state index in [1.165, 1.54) is 18.2 Å². The zero-order valence-corrected chi connectivity index (χ0v) is 13.5. The molecule has 0 N–H and O–H groups in total. The van der Waals surface area contributed by atoms with Crippen LogP contribution in [0.1, 0.15) is 10.5 Å². The van der Waals surface area contributed by atoms with Crippen LogP contribution in [0.15, 0.2) is 65.6 Å². The first-order valence-electron chi connectivity index (χ1n) is 7.00. The summed E-state index contributed by atoms with van der Waals surface area (Å²) in [6, 6.07) is 15.7. The van der Waals surface area contributed by atoms with E-state index in [-0.39, 0.29) is 10.6 Å². The molecule has 0 amide bonds.